The topological polar surface area (TPSA) is 77.2 Å². The third-order valence-electron chi connectivity index (χ3n) is 3.12. The third kappa shape index (κ3) is 2.80. The molecule has 0 amide bonds. The van der Waals surface area contributed by atoms with Crippen LogP contribution in [0.4, 0.5) is 0 Å². The minimum absolute atomic E-state index is 0.154. The molecule has 22 heavy (non-hydrogen) atoms. The number of carbonyl (C=O) groups excluding carboxylic acids is 1. The molecular weight excluding hydrogens is 282 g/mol. The van der Waals surface area contributed by atoms with Crippen molar-refractivity contribution in [2.45, 2.75) is 6.61 Å². The number of benzene rings is 2. The Morgan fingerprint density at radius 3 is 2.50 bits per heavy atom. The highest BCUT2D eigenvalue weighted by Crippen LogP contribution is 2.18. The molecule has 1 heterocycles. The molecule has 0 bridgehead atoms. The van der Waals surface area contributed by atoms with Crippen molar-refractivity contribution in [3.05, 3.63) is 66.0 Å². The Morgan fingerprint density at radius 2 is 1.82 bits per heavy atom. The standard InChI is InChI=1S/C16H13N3O3/c20-10-15-16(11-22-14-4-2-1-3-5-14)19(18-17-15)12-6-8-13(21)9-7-12/h1-10,21H,11H2. The number of aromatic hydroxyl groups is 1. The molecule has 2 aromatic carbocycles. The summed E-state index contributed by atoms with van der Waals surface area (Å²) >= 11 is 0. The number of nitrogens with zero attached hydrogens (tertiary/aromatic N) is 3. The van der Waals surface area contributed by atoms with Gasteiger partial charge in [-0.25, -0.2) is 4.68 Å². The fourth-order valence-corrected chi connectivity index (χ4v) is 2.01. The second-order valence-electron chi connectivity index (χ2n) is 4.57. The quantitative estimate of drug-likeness (QED) is 0.731. The van der Waals surface area contributed by atoms with E-state index in [0.717, 1.165) is 0 Å². The van der Waals surface area contributed by atoms with E-state index in [-0.39, 0.29) is 18.1 Å². The molecule has 0 unspecified atom stereocenters. The molecule has 3 aromatic rings. The van der Waals surface area contributed by atoms with Crippen LogP contribution in [-0.4, -0.2) is 26.4 Å². The number of para-hydroxylation sites is 1. The Morgan fingerprint density at radius 1 is 1.09 bits per heavy atom. The van der Waals surface area contributed by atoms with Gasteiger partial charge in [0, 0.05) is 0 Å². The van der Waals surface area contributed by atoms with Gasteiger partial charge in [-0.2, -0.15) is 0 Å². The van der Waals surface area contributed by atoms with Gasteiger partial charge in [0.15, 0.2) is 12.0 Å². The number of ether oxygens (including phenoxy) is 1. The summed E-state index contributed by atoms with van der Waals surface area (Å²) in [7, 11) is 0. The number of rotatable bonds is 5. The Bertz CT molecular complexity index is 767. The maximum atomic E-state index is 11.1. The van der Waals surface area contributed by atoms with E-state index in [2.05, 4.69) is 10.3 Å². The number of aromatic nitrogens is 3. The normalized spacial score (nSPS) is 10.4. The summed E-state index contributed by atoms with van der Waals surface area (Å²) in [6, 6.07) is 15.7. The highest BCUT2D eigenvalue weighted by molar-refractivity contribution is 5.73. The predicted molar refractivity (Wildman–Crippen MR) is 79.2 cm³/mol. The lowest BCUT2D eigenvalue weighted by Gasteiger charge is -2.09. The van der Waals surface area contributed by atoms with Gasteiger partial charge in [-0.05, 0) is 36.4 Å². The summed E-state index contributed by atoms with van der Waals surface area (Å²) in [6.45, 7) is 0.159. The summed E-state index contributed by atoms with van der Waals surface area (Å²) in [5, 5.41) is 17.2. The van der Waals surface area contributed by atoms with Gasteiger partial charge in [0.25, 0.3) is 0 Å². The lowest BCUT2D eigenvalue weighted by atomic mass is 10.3. The van der Waals surface area contributed by atoms with Crippen LogP contribution in [0.3, 0.4) is 0 Å². The smallest absolute Gasteiger partial charge is 0.172 e. The van der Waals surface area contributed by atoms with Crippen LogP contribution >= 0.6 is 0 Å². The molecular formula is C16H13N3O3. The van der Waals surface area contributed by atoms with Crippen molar-refractivity contribution in [2.24, 2.45) is 0 Å². The molecule has 1 aromatic heterocycles. The van der Waals surface area contributed by atoms with E-state index in [0.29, 0.717) is 23.4 Å². The predicted octanol–water partition coefficient (Wildman–Crippen LogP) is 2.36. The number of hydrogen-bond donors (Lipinski definition) is 1. The molecule has 0 saturated heterocycles. The molecule has 0 aliphatic carbocycles. The van der Waals surface area contributed by atoms with E-state index in [9.17, 15) is 9.90 Å². The van der Waals surface area contributed by atoms with Crippen LogP contribution in [0.2, 0.25) is 0 Å². The minimum Gasteiger partial charge on any atom is -0.508 e. The van der Waals surface area contributed by atoms with Crippen LogP contribution in [0.1, 0.15) is 16.2 Å². The van der Waals surface area contributed by atoms with Crippen molar-refractivity contribution >= 4 is 6.29 Å². The second kappa shape index (κ2) is 6.09. The van der Waals surface area contributed by atoms with Gasteiger partial charge in [0.05, 0.1) is 5.69 Å². The van der Waals surface area contributed by atoms with E-state index in [1.165, 1.54) is 4.68 Å². The molecule has 0 aliphatic heterocycles. The Balaban J connectivity index is 1.90. The van der Waals surface area contributed by atoms with Gasteiger partial charge in [0.1, 0.15) is 23.8 Å². The summed E-state index contributed by atoms with van der Waals surface area (Å²) in [6.07, 6.45) is 0.646. The zero-order valence-corrected chi connectivity index (χ0v) is 11.6. The highest BCUT2D eigenvalue weighted by atomic mass is 16.5. The van der Waals surface area contributed by atoms with E-state index in [4.69, 9.17) is 4.74 Å². The number of phenols is 1. The zero-order valence-electron chi connectivity index (χ0n) is 11.6. The van der Waals surface area contributed by atoms with E-state index >= 15 is 0 Å². The van der Waals surface area contributed by atoms with E-state index in [1.807, 2.05) is 30.3 Å². The molecule has 3 rings (SSSR count). The number of aldehydes is 1. The summed E-state index contributed by atoms with van der Waals surface area (Å²) in [5.74, 6) is 0.847. The molecule has 110 valence electrons. The first-order chi connectivity index (χ1) is 10.8. The van der Waals surface area contributed by atoms with Crippen LogP contribution in [-0.2, 0) is 6.61 Å². The first-order valence-electron chi connectivity index (χ1n) is 6.65. The van der Waals surface area contributed by atoms with Crippen molar-refractivity contribution in [1.29, 1.82) is 0 Å². The lowest BCUT2D eigenvalue weighted by molar-refractivity contribution is 0.111. The third-order valence-corrected chi connectivity index (χ3v) is 3.12. The molecule has 0 fully saturated rings. The molecule has 0 spiro atoms. The summed E-state index contributed by atoms with van der Waals surface area (Å²) < 4.78 is 7.19. The Labute approximate surface area is 126 Å². The molecule has 0 radical (unpaired) electrons. The SMILES string of the molecule is O=Cc1nnn(-c2ccc(O)cc2)c1COc1ccccc1. The van der Waals surface area contributed by atoms with Gasteiger partial charge in [-0.15, -0.1) is 5.10 Å². The van der Waals surface area contributed by atoms with Gasteiger partial charge < -0.3 is 9.84 Å². The van der Waals surface area contributed by atoms with Crippen LogP contribution in [0.5, 0.6) is 11.5 Å². The average Bonchev–Trinajstić information content (AvgIpc) is 2.97. The first-order valence-corrected chi connectivity index (χ1v) is 6.65. The number of phenolic OH excluding ortho intramolecular Hbond substituents is 1. The van der Waals surface area contributed by atoms with Crippen molar-refractivity contribution in [2.75, 3.05) is 0 Å². The lowest BCUT2D eigenvalue weighted by Crippen LogP contribution is -2.07. The highest BCUT2D eigenvalue weighted by Gasteiger charge is 2.14. The van der Waals surface area contributed by atoms with Crippen molar-refractivity contribution in [3.8, 4) is 17.2 Å². The van der Waals surface area contributed by atoms with Crippen LogP contribution in [0.15, 0.2) is 54.6 Å². The fourth-order valence-electron chi connectivity index (χ4n) is 2.01. The van der Waals surface area contributed by atoms with Gasteiger partial charge >= 0.3 is 0 Å². The van der Waals surface area contributed by atoms with Crippen LogP contribution < -0.4 is 4.74 Å². The molecule has 6 heteroatoms. The maximum absolute atomic E-state index is 11.1. The van der Waals surface area contributed by atoms with Gasteiger partial charge in [0.2, 0.25) is 0 Å². The van der Waals surface area contributed by atoms with Crippen LogP contribution in [0.25, 0.3) is 5.69 Å². The largest absolute Gasteiger partial charge is 0.508 e. The first kappa shape index (κ1) is 13.8. The summed E-state index contributed by atoms with van der Waals surface area (Å²) in [5.41, 5.74) is 1.46. The Kier molecular flexibility index (Phi) is 3.82. The van der Waals surface area contributed by atoms with Gasteiger partial charge in [-0.3, -0.25) is 4.79 Å². The minimum atomic E-state index is 0.154. The van der Waals surface area contributed by atoms with E-state index < -0.39 is 0 Å². The average molecular weight is 295 g/mol. The van der Waals surface area contributed by atoms with Crippen LogP contribution in [0, 0.1) is 0 Å². The Hall–Kier alpha value is -3.15. The maximum Gasteiger partial charge on any atom is 0.172 e. The molecule has 0 aliphatic rings. The number of carbonyl (C=O) groups is 1. The molecule has 6 nitrogen and oxygen atoms in total. The van der Waals surface area contributed by atoms with Crippen molar-refractivity contribution in [1.82, 2.24) is 15.0 Å². The summed E-state index contributed by atoms with van der Waals surface area (Å²) in [4.78, 5) is 11.1. The van der Waals surface area contributed by atoms with E-state index in [1.54, 1.807) is 24.3 Å². The fraction of sp³-hybridized carbons (Fsp3) is 0.0625. The zero-order chi connectivity index (χ0) is 15.4. The monoisotopic (exact) mass is 295 g/mol. The van der Waals surface area contributed by atoms with Gasteiger partial charge in [-0.1, -0.05) is 23.4 Å². The molecule has 0 saturated carbocycles. The number of hydrogen-bond acceptors (Lipinski definition) is 5. The second-order valence-corrected chi connectivity index (χ2v) is 4.57. The molecule has 1 N–H and O–H groups in total. The van der Waals surface area contributed by atoms with Crippen molar-refractivity contribution < 1.29 is 14.6 Å². The molecule has 0 atom stereocenters. The van der Waals surface area contributed by atoms with Crippen molar-refractivity contribution in [3.63, 3.8) is 0 Å².